The molecule has 0 saturated heterocycles. The van der Waals surface area contributed by atoms with E-state index in [1.807, 2.05) is 0 Å². The molecule has 4 heteroatoms. The molecule has 0 fully saturated rings. The van der Waals surface area contributed by atoms with Gasteiger partial charge in [0.2, 0.25) is 0 Å². The van der Waals surface area contributed by atoms with Gasteiger partial charge in [0.25, 0.3) is 5.91 Å². The molecule has 0 aliphatic carbocycles. The summed E-state index contributed by atoms with van der Waals surface area (Å²) in [5, 5.41) is 2.85. The summed E-state index contributed by atoms with van der Waals surface area (Å²) < 4.78 is 10.4. The normalized spacial score (nSPS) is 10.0. The standard InChI is InChI=1S/C15H23NO3/c1-3-4-5-6-11-16-15(17)12-19-14-9-7-13(18-2)8-10-14/h7-10H,3-6,11-12H2,1-2H3,(H,16,17). The molecule has 1 rings (SSSR count). The van der Waals surface area contributed by atoms with Gasteiger partial charge < -0.3 is 14.8 Å². The quantitative estimate of drug-likeness (QED) is 0.698. The number of nitrogens with one attached hydrogen (secondary N) is 1. The van der Waals surface area contributed by atoms with Crippen LogP contribution in [0.25, 0.3) is 0 Å². The Morgan fingerprint density at radius 3 is 2.42 bits per heavy atom. The molecule has 106 valence electrons. The summed E-state index contributed by atoms with van der Waals surface area (Å²) >= 11 is 0. The number of carbonyl (C=O) groups excluding carboxylic acids is 1. The second kappa shape index (κ2) is 9.25. The van der Waals surface area contributed by atoms with Crippen LogP contribution in [0.1, 0.15) is 32.6 Å². The van der Waals surface area contributed by atoms with Crippen LogP contribution in [-0.4, -0.2) is 26.2 Å². The van der Waals surface area contributed by atoms with E-state index >= 15 is 0 Å². The third kappa shape index (κ3) is 6.70. The van der Waals surface area contributed by atoms with E-state index in [1.54, 1.807) is 31.4 Å². The van der Waals surface area contributed by atoms with E-state index in [0.717, 1.165) is 25.1 Å². The Labute approximate surface area is 115 Å². The Morgan fingerprint density at radius 2 is 1.79 bits per heavy atom. The van der Waals surface area contributed by atoms with Crippen molar-refractivity contribution in [1.82, 2.24) is 5.32 Å². The number of amides is 1. The van der Waals surface area contributed by atoms with Crippen LogP contribution in [0.4, 0.5) is 0 Å². The number of benzene rings is 1. The highest BCUT2D eigenvalue weighted by molar-refractivity contribution is 5.77. The molecule has 0 radical (unpaired) electrons. The van der Waals surface area contributed by atoms with Crippen molar-refractivity contribution in [2.45, 2.75) is 32.6 Å². The highest BCUT2D eigenvalue weighted by Crippen LogP contribution is 2.16. The fourth-order valence-electron chi connectivity index (χ4n) is 1.65. The van der Waals surface area contributed by atoms with E-state index in [2.05, 4.69) is 12.2 Å². The topological polar surface area (TPSA) is 47.6 Å². The average molecular weight is 265 g/mol. The van der Waals surface area contributed by atoms with Gasteiger partial charge in [0.15, 0.2) is 6.61 Å². The summed E-state index contributed by atoms with van der Waals surface area (Å²) in [6.45, 7) is 2.95. The largest absolute Gasteiger partial charge is 0.497 e. The molecule has 0 unspecified atom stereocenters. The average Bonchev–Trinajstić information content (AvgIpc) is 2.45. The van der Waals surface area contributed by atoms with Crippen molar-refractivity contribution in [3.63, 3.8) is 0 Å². The molecule has 0 aromatic heterocycles. The molecule has 0 atom stereocenters. The third-order valence-electron chi connectivity index (χ3n) is 2.78. The zero-order valence-electron chi connectivity index (χ0n) is 11.8. The Kier molecular flexibility index (Phi) is 7.47. The molecular weight excluding hydrogens is 242 g/mol. The Morgan fingerprint density at radius 1 is 1.11 bits per heavy atom. The first-order valence-corrected chi connectivity index (χ1v) is 6.79. The molecule has 1 N–H and O–H groups in total. The van der Waals surface area contributed by atoms with Gasteiger partial charge >= 0.3 is 0 Å². The molecule has 0 aliphatic heterocycles. The van der Waals surface area contributed by atoms with Crippen LogP contribution in [0.3, 0.4) is 0 Å². The van der Waals surface area contributed by atoms with Crippen LogP contribution in [0.5, 0.6) is 11.5 Å². The number of ether oxygens (including phenoxy) is 2. The lowest BCUT2D eigenvalue weighted by atomic mass is 10.2. The Hall–Kier alpha value is -1.71. The maximum atomic E-state index is 11.5. The van der Waals surface area contributed by atoms with Gasteiger partial charge in [-0.05, 0) is 30.7 Å². The number of methoxy groups -OCH3 is 1. The van der Waals surface area contributed by atoms with Gasteiger partial charge in [-0.3, -0.25) is 4.79 Å². The van der Waals surface area contributed by atoms with Crippen molar-refractivity contribution in [2.24, 2.45) is 0 Å². The van der Waals surface area contributed by atoms with E-state index in [4.69, 9.17) is 9.47 Å². The van der Waals surface area contributed by atoms with Crippen LogP contribution in [-0.2, 0) is 4.79 Å². The maximum Gasteiger partial charge on any atom is 0.257 e. The first-order valence-electron chi connectivity index (χ1n) is 6.79. The van der Waals surface area contributed by atoms with Crippen LogP contribution >= 0.6 is 0 Å². The van der Waals surface area contributed by atoms with Gasteiger partial charge in [-0.2, -0.15) is 0 Å². The fourth-order valence-corrected chi connectivity index (χ4v) is 1.65. The van der Waals surface area contributed by atoms with Crippen LogP contribution in [0.15, 0.2) is 24.3 Å². The first-order chi connectivity index (χ1) is 9.26. The monoisotopic (exact) mass is 265 g/mol. The first kappa shape index (κ1) is 15.3. The van der Waals surface area contributed by atoms with Crippen LogP contribution in [0, 0.1) is 0 Å². The minimum absolute atomic E-state index is 0.0557. The van der Waals surface area contributed by atoms with Crippen molar-refractivity contribution >= 4 is 5.91 Å². The SMILES string of the molecule is CCCCCCNC(=O)COc1ccc(OC)cc1. The second-order valence-corrected chi connectivity index (χ2v) is 4.37. The smallest absolute Gasteiger partial charge is 0.257 e. The summed E-state index contributed by atoms with van der Waals surface area (Å²) in [4.78, 5) is 11.5. The zero-order chi connectivity index (χ0) is 13.9. The highest BCUT2D eigenvalue weighted by atomic mass is 16.5. The zero-order valence-corrected chi connectivity index (χ0v) is 11.8. The Balaban J connectivity index is 2.15. The number of carbonyl (C=O) groups is 1. The van der Waals surface area contributed by atoms with E-state index in [-0.39, 0.29) is 12.5 Å². The highest BCUT2D eigenvalue weighted by Gasteiger charge is 2.02. The Bertz CT molecular complexity index is 362. The van der Waals surface area contributed by atoms with Gasteiger partial charge in [-0.1, -0.05) is 26.2 Å². The minimum Gasteiger partial charge on any atom is -0.497 e. The molecule has 0 heterocycles. The van der Waals surface area contributed by atoms with Crippen LogP contribution in [0.2, 0.25) is 0 Å². The molecule has 19 heavy (non-hydrogen) atoms. The maximum absolute atomic E-state index is 11.5. The number of hydrogen-bond donors (Lipinski definition) is 1. The number of hydrogen-bond acceptors (Lipinski definition) is 3. The van der Waals surface area contributed by atoms with E-state index in [0.29, 0.717) is 5.75 Å². The van der Waals surface area contributed by atoms with E-state index in [9.17, 15) is 4.79 Å². The van der Waals surface area contributed by atoms with E-state index in [1.165, 1.54) is 12.8 Å². The number of rotatable bonds is 9. The van der Waals surface area contributed by atoms with Gasteiger partial charge in [0.05, 0.1) is 7.11 Å². The minimum atomic E-state index is -0.0766. The van der Waals surface area contributed by atoms with Gasteiger partial charge in [-0.25, -0.2) is 0 Å². The molecular formula is C15H23NO3. The van der Waals surface area contributed by atoms with Crippen molar-refractivity contribution in [3.8, 4) is 11.5 Å². The van der Waals surface area contributed by atoms with Crippen molar-refractivity contribution < 1.29 is 14.3 Å². The molecule has 0 bridgehead atoms. The van der Waals surface area contributed by atoms with Gasteiger partial charge in [-0.15, -0.1) is 0 Å². The lowest BCUT2D eigenvalue weighted by Crippen LogP contribution is -2.29. The van der Waals surface area contributed by atoms with Crippen molar-refractivity contribution in [3.05, 3.63) is 24.3 Å². The molecule has 0 spiro atoms. The summed E-state index contributed by atoms with van der Waals surface area (Å²) in [5.74, 6) is 1.36. The summed E-state index contributed by atoms with van der Waals surface area (Å²) in [5.41, 5.74) is 0. The summed E-state index contributed by atoms with van der Waals surface area (Å²) in [6, 6.07) is 7.18. The molecule has 1 aromatic rings. The van der Waals surface area contributed by atoms with Crippen molar-refractivity contribution in [1.29, 1.82) is 0 Å². The van der Waals surface area contributed by atoms with Gasteiger partial charge in [0, 0.05) is 6.54 Å². The van der Waals surface area contributed by atoms with Crippen LogP contribution < -0.4 is 14.8 Å². The fraction of sp³-hybridized carbons (Fsp3) is 0.533. The predicted molar refractivity (Wildman–Crippen MR) is 75.6 cm³/mol. The summed E-state index contributed by atoms with van der Waals surface area (Å²) in [7, 11) is 1.61. The van der Waals surface area contributed by atoms with E-state index < -0.39 is 0 Å². The lowest BCUT2D eigenvalue weighted by molar-refractivity contribution is -0.123. The second-order valence-electron chi connectivity index (χ2n) is 4.37. The van der Waals surface area contributed by atoms with Crippen molar-refractivity contribution in [2.75, 3.05) is 20.3 Å². The third-order valence-corrected chi connectivity index (χ3v) is 2.78. The predicted octanol–water partition coefficient (Wildman–Crippen LogP) is 2.77. The molecule has 0 aliphatic rings. The molecule has 1 aromatic carbocycles. The molecule has 1 amide bonds. The number of unbranched alkanes of at least 4 members (excludes halogenated alkanes) is 3. The molecule has 0 saturated carbocycles. The lowest BCUT2D eigenvalue weighted by Gasteiger charge is -2.08. The summed E-state index contributed by atoms with van der Waals surface area (Å²) in [6.07, 6.45) is 4.62. The van der Waals surface area contributed by atoms with Gasteiger partial charge in [0.1, 0.15) is 11.5 Å². The molecule has 4 nitrogen and oxygen atoms in total.